The van der Waals surface area contributed by atoms with Crippen LogP contribution in [0.5, 0.6) is 11.5 Å². The SMILES string of the molecule is Cc1ccc(OCCc2ccc(F)cc2)c(OC(CO)(CO)c2ccccc2)c1. The highest BCUT2D eigenvalue weighted by atomic mass is 19.1. The van der Waals surface area contributed by atoms with Gasteiger partial charge < -0.3 is 19.7 Å². The number of halogens is 1. The fraction of sp³-hybridized carbons (Fsp3) is 0.250. The molecular weight excluding hydrogens is 371 g/mol. The molecule has 152 valence electrons. The van der Waals surface area contributed by atoms with Crippen LogP contribution in [-0.4, -0.2) is 30.0 Å². The zero-order chi connectivity index (χ0) is 20.7. The Labute approximate surface area is 170 Å². The second kappa shape index (κ2) is 9.54. The average molecular weight is 396 g/mol. The maximum atomic E-state index is 13.0. The standard InChI is InChI=1S/C24H25FO4/c1-18-7-12-22(28-14-13-19-8-10-21(25)11-9-19)23(15-18)29-24(16-26,17-27)20-5-3-2-4-6-20/h2-12,15,26-27H,13-14,16-17H2,1H3. The molecule has 0 saturated heterocycles. The van der Waals surface area contributed by atoms with E-state index in [2.05, 4.69) is 0 Å². The predicted molar refractivity (Wildman–Crippen MR) is 110 cm³/mol. The minimum absolute atomic E-state index is 0.269. The predicted octanol–water partition coefficient (Wildman–Crippen LogP) is 4.01. The minimum Gasteiger partial charge on any atom is -0.489 e. The topological polar surface area (TPSA) is 58.9 Å². The van der Waals surface area contributed by atoms with Gasteiger partial charge in [0.25, 0.3) is 0 Å². The van der Waals surface area contributed by atoms with Gasteiger partial charge in [0.2, 0.25) is 0 Å². The molecule has 0 fully saturated rings. The third-order valence-corrected chi connectivity index (χ3v) is 4.78. The zero-order valence-corrected chi connectivity index (χ0v) is 16.3. The first-order chi connectivity index (χ1) is 14.1. The Morgan fingerprint density at radius 2 is 1.55 bits per heavy atom. The Hall–Kier alpha value is -2.89. The van der Waals surface area contributed by atoms with Crippen molar-refractivity contribution in [3.63, 3.8) is 0 Å². The van der Waals surface area contributed by atoms with Crippen LogP contribution in [0.25, 0.3) is 0 Å². The summed E-state index contributed by atoms with van der Waals surface area (Å²) >= 11 is 0. The number of rotatable bonds is 9. The first-order valence-corrected chi connectivity index (χ1v) is 9.50. The lowest BCUT2D eigenvalue weighted by atomic mass is 9.95. The van der Waals surface area contributed by atoms with E-state index in [1.807, 2.05) is 37.3 Å². The number of ether oxygens (including phenoxy) is 2. The maximum Gasteiger partial charge on any atom is 0.180 e. The molecule has 0 aromatic heterocycles. The fourth-order valence-corrected chi connectivity index (χ4v) is 3.05. The Morgan fingerprint density at radius 1 is 0.862 bits per heavy atom. The van der Waals surface area contributed by atoms with Gasteiger partial charge >= 0.3 is 0 Å². The highest BCUT2D eigenvalue weighted by Crippen LogP contribution is 2.35. The number of aliphatic hydroxyl groups excluding tert-OH is 2. The summed E-state index contributed by atoms with van der Waals surface area (Å²) in [4.78, 5) is 0. The van der Waals surface area contributed by atoms with Crippen molar-refractivity contribution in [2.24, 2.45) is 0 Å². The minimum atomic E-state index is -1.29. The highest BCUT2D eigenvalue weighted by Gasteiger charge is 2.34. The van der Waals surface area contributed by atoms with Gasteiger partial charge in [0.05, 0.1) is 19.8 Å². The summed E-state index contributed by atoms with van der Waals surface area (Å²) in [6.07, 6.45) is 0.609. The first-order valence-electron chi connectivity index (χ1n) is 9.50. The van der Waals surface area contributed by atoms with E-state index in [0.717, 1.165) is 11.1 Å². The molecule has 0 bridgehead atoms. The summed E-state index contributed by atoms with van der Waals surface area (Å²) in [5.74, 6) is 0.685. The molecule has 29 heavy (non-hydrogen) atoms. The molecule has 5 heteroatoms. The largest absolute Gasteiger partial charge is 0.489 e. The molecule has 0 aliphatic heterocycles. The number of aryl methyl sites for hydroxylation is 1. The molecule has 0 saturated carbocycles. The summed E-state index contributed by atoms with van der Waals surface area (Å²) in [6.45, 7) is 1.52. The van der Waals surface area contributed by atoms with Crippen LogP contribution in [0.3, 0.4) is 0 Å². The molecule has 0 atom stereocenters. The van der Waals surface area contributed by atoms with E-state index < -0.39 is 18.8 Å². The van der Waals surface area contributed by atoms with Gasteiger partial charge in [-0.2, -0.15) is 0 Å². The van der Waals surface area contributed by atoms with Crippen molar-refractivity contribution in [1.29, 1.82) is 0 Å². The smallest absolute Gasteiger partial charge is 0.180 e. The summed E-state index contributed by atoms with van der Waals surface area (Å²) < 4.78 is 25.1. The monoisotopic (exact) mass is 396 g/mol. The zero-order valence-electron chi connectivity index (χ0n) is 16.3. The van der Waals surface area contributed by atoms with Crippen molar-refractivity contribution in [1.82, 2.24) is 0 Å². The molecule has 0 aliphatic carbocycles. The van der Waals surface area contributed by atoms with E-state index in [0.29, 0.717) is 30.1 Å². The molecule has 0 aliphatic rings. The Bertz CT molecular complexity index is 906. The van der Waals surface area contributed by atoms with Crippen LogP contribution in [0.1, 0.15) is 16.7 Å². The lowest BCUT2D eigenvalue weighted by Gasteiger charge is -2.32. The molecule has 0 amide bonds. The molecule has 3 aromatic carbocycles. The molecule has 3 aromatic rings. The van der Waals surface area contributed by atoms with E-state index in [9.17, 15) is 14.6 Å². The van der Waals surface area contributed by atoms with Crippen LogP contribution in [0.4, 0.5) is 4.39 Å². The second-order valence-electron chi connectivity index (χ2n) is 6.95. The number of hydrogen-bond donors (Lipinski definition) is 2. The molecule has 3 rings (SSSR count). The van der Waals surface area contributed by atoms with E-state index in [4.69, 9.17) is 9.47 Å². The highest BCUT2D eigenvalue weighted by molar-refractivity contribution is 5.44. The number of benzene rings is 3. The Morgan fingerprint density at radius 3 is 2.21 bits per heavy atom. The summed E-state index contributed by atoms with van der Waals surface area (Å²) in [6, 6.07) is 20.9. The molecule has 0 spiro atoms. The van der Waals surface area contributed by atoms with Gasteiger partial charge in [-0.15, -0.1) is 0 Å². The van der Waals surface area contributed by atoms with Gasteiger partial charge in [-0.3, -0.25) is 0 Å². The van der Waals surface area contributed by atoms with E-state index in [-0.39, 0.29) is 5.82 Å². The first kappa shape index (κ1) is 20.8. The van der Waals surface area contributed by atoms with Crippen molar-refractivity contribution in [2.45, 2.75) is 18.9 Å². The summed E-state index contributed by atoms with van der Waals surface area (Å²) in [7, 11) is 0. The van der Waals surface area contributed by atoms with Gasteiger partial charge in [-0.1, -0.05) is 48.5 Å². The molecule has 4 nitrogen and oxygen atoms in total. The molecule has 2 N–H and O–H groups in total. The van der Waals surface area contributed by atoms with Gasteiger partial charge in [-0.05, 0) is 42.3 Å². The van der Waals surface area contributed by atoms with E-state index in [1.165, 1.54) is 12.1 Å². The summed E-state index contributed by atoms with van der Waals surface area (Å²) in [5, 5.41) is 20.1. The van der Waals surface area contributed by atoms with Gasteiger partial charge in [0, 0.05) is 12.0 Å². The second-order valence-corrected chi connectivity index (χ2v) is 6.95. The van der Waals surface area contributed by atoms with Crippen molar-refractivity contribution < 1.29 is 24.1 Å². The normalized spacial score (nSPS) is 11.3. The van der Waals surface area contributed by atoms with Crippen molar-refractivity contribution in [2.75, 3.05) is 19.8 Å². The quantitative estimate of drug-likeness (QED) is 0.574. The number of hydrogen-bond acceptors (Lipinski definition) is 4. The molecule has 0 heterocycles. The molecular formula is C24H25FO4. The fourth-order valence-electron chi connectivity index (χ4n) is 3.05. The van der Waals surface area contributed by atoms with Crippen LogP contribution >= 0.6 is 0 Å². The van der Waals surface area contributed by atoms with Crippen LogP contribution in [0, 0.1) is 12.7 Å². The lowest BCUT2D eigenvalue weighted by Crippen LogP contribution is -2.41. The van der Waals surface area contributed by atoms with E-state index >= 15 is 0 Å². The molecule has 0 radical (unpaired) electrons. The van der Waals surface area contributed by atoms with Crippen LogP contribution in [0.15, 0.2) is 72.8 Å². The van der Waals surface area contributed by atoms with Crippen molar-refractivity contribution in [3.05, 3.63) is 95.3 Å². The molecule has 0 unspecified atom stereocenters. The summed E-state index contributed by atoms with van der Waals surface area (Å²) in [5.41, 5.74) is 1.31. The third kappa shape index (κ3) is 5.13. The lowest BCUT2D eigenvalue weighted by molar-refractivity contribution is -0.0400. The van der Waals surface area contributed by atoms with Crippen LogP contribution in [0.2, 0.25) is 0 Å². The van der Waals surface area contributed by atoms with Crippen LogP contribution < -0.4 is 9.47 Å². The van der Waals surface area contributed by atoms with E-state index in [1.54, 1.807) is 30.3 Å². The Kier molecular flexibility index (Phi) is 6.86. The van der Waals surface area contributed by atoms with Gasteiger partial charge in [0.15, 0.2) is 17.1 Å². The van der Waals surface area contributed by atoms with Crippen LogP contribution in [-0.2, 0) is 12.0 Å². The number of aliphatic hydroxyl groups is 2. The van der Waals surface area contributed by atoms with Crippen molar-refractivity contribution in [3.8, 4) is 11.5 Å². The maximum absolute atomic E-state index is 13.0. The average Bonchev–Trinajstić information content (AvgIpc) is 2.75. The third-order valence-electron chi connectivity index (χ3n) is 4.78. The van der Waals surface area contributed by atoms with Gasteiger partial charge in [0.1, 0.15) is 5.82 Å². The Balaban J connectivity index is 1.79. The van der Waals surface area contributed by atoms with Gasteiger partial charge in [-0.25, -0.2) is 4.39 Å². The van der Waals surface area contributed by atoms with Crippen molar-refractivity contribution >= 4 is 0 Å².